The van der Waals surface area contributed by atoms with Crippen molar-refractivity contribution in [3.05, 3.63) is 101 Å². The van der Waals surface area contributed by atoms with E-state index in [-0.39, 0.29) is 12.0 Å². The number of carboxylic acids is 2. The molecule has 1 aliphatic rings. The van der Waals surface area contributed by atoms with Crippen molar-refractivity contribution in [3.63, 3.8) is 0 Å². The maximum absolute atomic E-state index is 11.2. The van der Waals surface area contributed by atoms with Crippen LogP contribution in [0.4, 0.5) is 0 Å². The molecule has 6 nitrogen and oxygen atoms in total. The van der Waals surface area contributed by atoms with Gasteiger partial charge in [0, 0.05) is 19.0 Å². The van der Waals surface area contributed by atoms with E-state index in [1.54, 1.807) is 12.1 Å². The number of fused-ring (bicyclic) bond motifs is 1. The summed E-state index contributed by atoms with van der Waals surface area (Å²) in [5, 5.41) is 18.2. The van der Waals surface area contributed by atoms with Crippen molar-refractivity contribution in [2.24, 2.45) is 0 Å². The van der Waals surface area contributed by atoms with E-state index in [1.807, 2.05) is 36.4 Å². The molecule has 0 amide bonds. The Morgan fingerprint density at radius 3 is 2.39 bits per heavy atom. The number of hydrogen-bond donors (Lipinski definition) is 2. The van der Waals surface area contributed by atoms with E-state index < -0.39 is 11.9 Å². The second-order valence-electron chi connectivity index (χ2n) is 9.39. The molecule has 6 heteroatoms. The molecule has 2 N–H and O–H groups in total. The maximum atomic E-state index is 11.2. The molecule has 3 aromatic carbocycles. The summed E-state index contributed by atoms with van der Waals surface area (Å²) in [7, 11) is 0. The lowest BCUT2D eigenvalue weighted by molar-refractivity contribution is -0.137. The Balaban J connectivity index is 1.49. The first-order valence-electron chi connectivity index (χ1n) is 12.5. The standard InChI is InChI=1S/C30H33NO5/c32-29(33)11-4-5-18-31(20-22-12-14-25(15-13-22)30(34)35)26-17-16-24-9-6-10-28(27(24)19-26)36-21-23-7-2-1-3-8-23/h1-3,6-10,12-15,26H,4-5,11,16-21H2,(H,32,33)(H,34,35). The summed E-state index contributed by atoms with van der Waals surface area (Å²) in [6, 6.07) is 23.8. The molecule has 0 spiro atoms. The van der Waals surface area contributed by atoms with E-state index in [2.05, 4.69) is 29.2 Å². The van der Waals surface area contributed by atoms with Crippen LogP contribution in [0.2, 0.25) is 0 Å². The van der Waals surface area contributed by atoms with Crippen molar-refractivity contribution in [2.75, 3.05) is 6.54 Å². The van der Waals surface area contributed by atoms with Crippen LogP contribution in [-0.2, 0) is 30.8 Å². The van der Waals surface area contributed by atoms with E-state index >= 15 is 0 Å². The zero-order valence-electron chi connectivity index (χ0n) is 20.4. The number of carboxylic acid groups (broad SMARTS) is 2. The van der Waals surface area contributed by atoms with Gasteiger partial charge in [0.1, 0.15) is 12.4 Å². The average Bonchev–Trinajstić information content (AvgIpc) is 2.89. The molecule has 36 heavy (non-hydrogen) atoms. The molecule has 1 unspecified atom stereocenters. The molecule has 0 aliphatic heterocycles. The Bertz CT molecular complexity index is 1160. The fourth-order valence-corrected chi connectivity index (χ4v) is 4.89. The monoisotopic (exact) mass is 487 g/mol. The molecule has 0 bridgehead atoms. The molecule has 0 saturated heterocycles. The Labute approximate surface area is 212 Å². The quantitative estimate of drug-likeness (QED) is 0.325. The van der Waals surface area contributed by atoms with Gasteiger partial charge in [-0.05, 0) is 79.1 Å². The smallest absolute Gasteiger partial charge is 0.335 e. The Hall–Kier alpha value is -3.64. The first-order valence-corrected chi connectivity index (χ1v) is 12.5. The first-order chi connectivity index (χ1) is 17.5. The summed E-state index contributed by atoms with van der Waals surface area (Å²) in [5.41, 5.74) is 5.04. The molecule has 0 radical (unpaired) electrons. The highest BCUT2D eigenvalue weighted by Crippen LogP contribution is 2.33. The number of rotatable bonds is 12. The van der Waals surface area contributed by atoms with E-state index in [4.69, 9.17) is 9.84 Å². The van der Waals surface area contributed by atoms with Gasteiger partial charge in [-0.2, -0.15) is 0 Å². The lowest BCUT2D eigenvalue weighted by atomic mass is 9.86. The van der Waals surface area contributed by atoms with Crippen LogP contribution in [0, 0.1) is 0 Å². The van der Waals surface area contributed by atoms with Crippen molar-refractivity contribution < 1.29 is 24.5 Å². The number of carbonyl (C=O) groups is 2. The summed E-state index contributed by atoms with van der Waals surface area (Å²) in [6.45, 7) is 2.01. The molecule has 0 fully saturated rings. The number of aromatic carboxylic acids is 1. The number of hydrogen-bond acceptors (Lipinski definition) is 4. The number of unbranched alkanes of at least 4 members (excludes halogenated alkanes) is 1. The summed E-state index contributed by atoms with van der Waals surface area (Å²) >= 11 is 0. The summed E-state index contributed by atoms with van der Waals surface area (Å²) in [4.78, 5) is 24.6. The van der Waals surface area contributed by atoms with E-state index in [0.717, 1.165) is 49.1 Å². The van der Waals surface area contributed by atoms with Crippen LogP contribution in [0.25, 0.3) is 0 Å². The molecule has 0 aromatic heterocycles. The fraction of sp³-hybridized carbons (Fsp3) is 0.333. The van der Waals surface area contributed by atoms with Gasteiger partial charge in [-0.25, -0.2) is 4.79 Å². The van der Waals surface area contributed by atoms with Crippen LogP contribution in [0.3, 0.4) is 0 Å². The van der Waals surface area contributed by atoms with Gasteiger partial charge >= 0.3 is 11.9 Å². The summed E-state index contributed by atoms with van der Waals surface area (Å²) in [5.74, 6) is -0.769. The molecule has 188 valence electrons. The lowest BCUT2D eigenvalue weighted by Gasteiger charge is -2.36. The van der Waals surface area contributed by atoms with E-state index in [0.29, 0.717) is 25.6 Å². The molecular formula is C30H33NO5. The lowest BCUT2D eigenvalue weighted by Crippen LogP contribution is -2.39. The highest BCUT2D eigenvalue weighted by atomic mass is 16.5. The normalized spacial score (nSPS) is 14.9. The number of aryl methyl sites for hydroxylation is 1. The third-order valence-corrected chi connectivity index (χ3v) is 6.84. The van der Waals surface area contributed by atoms with Crippen LogP contribution in [-0.4, -0.2) is 39.6 Å². The topological polar surface area (TPSA) is 87.1 Å². The van der Waals surface area contributed by atoms with Crippen LogP contribution in [0.1, 0.15) is 58.3 Å². The molecule has 0 heterocycles. The van der Waals surface area contributed by atoms with Gasteiger partial charge < -0.3 is 14.9 Å². The molecular weight excluding hydrogens is 454 g/mol. The van der Waals surface area contributed by atoms with Gasteiger partial charge in [-0.3, -0.25) is 9.69 Å². The predicted molar refractivity (Wildman–Crippen MR) is 138 cm³/mol. The SMILES string of the molecule is O=C(O)CCCCN(Cc1ccc(C(=O)O)cc1)C1CCc2cccc(OCc3ccccc3)c2C1. The zero-order valence-corrected chi connectivity index (χ0v) is 20.4. The van der Waals surface area contributed by atoms with Gasteiger partial charge in [0.25, 0.3) is 0 Å². The van der Waals surface area contributed by atoms with E-state index in [9.17, 15) is 14.7 Å². The van der Waals surface area contributed by atoms with Crippen molar-refractivity contribution in [1.82, 2.24) is 4.90 Å². The minimum absolute atomic E-state index is 0.173. The van der Waals surface area contributed by atoms with Gasteiger partial charge in [0.2, 0.25) is 0 Å². The van der Waals surface area contributed by atoms with Crippen molar-refractivity contribution >= 4 is 11.9 Å². The van der Waals surface area contributed by atoms with Gasteiger partial charge in [-0.1, -0.05) is 54.6 Å². The molecule has 0 saturated carbocycles. The maximum Gasteiger partial charge on any atom is 0.335 e. The third kappa shape index (κ3) is 6.95. The molecule has 3 aromatic rings. The second-order valence-corrected chi connectivity index (χ2v) is 9.39. The van der Waals surface area contributed by atoms with Crippen LogP contribution in [0.5, 0.6) is 5.75 Å². The zero-order chi connectivity index (χ0) is 25.3. The Morgan fingerprint density at radius 2 is 1.67 bits per heavy atom. The Morgan fingerprint density at radius 1 is 0.889 bits per heavy atom. The number of aliphatic carboxylic acids is 1. The predicted octanol–water partition coefficient (Wildman–Crippen LogP) is 5.58. The number of nitrogens with zero attached hydrogens (tertiary/aromatic N) is 1. The molecule has 1 atom stereocenters. The van der Waals surface area contributed by atoms with Crippen LogP contribution >= 0.6 is 0 Å². The average molecular weight is 488 g/mol. The minimum atomic E-state index is -0.931. The highest BCUT2D eigenvalue weighted by molar-refractivity contribution is 5.87. The van der Waals surface area contributed by atoms with Gasteiger partial charge in [0.05, 0.1) is 5.56 Å². The number of ether oxygens (including phenoxy) is 1. The van der Waals surface area contributed by atoms with E-state index in [1.165, 1.54) is 11.1 Å². The van der Waals surface area contributed by atoms with Gasteiger partial charge in [-0.15, -0.1) is 0 Å². The second kappa shape index (κ2) is 12.4. The van der Waals surface area contributed by atoms with Crippen molar-refractivity contribution in [3.8, 4) is 5.75 Å². The fourth-order valence-electron chi connectivity index (χ4n) is 4.89. The summed E-state index contributed by atoms with van der Waals surface area (Å²) in [6.07, 6.45) is 4.46. The Kier molecular flexibility index (Phi) is 8.74. The van der Waals surface area contributed by atoms with Crippen LogP contribution < -0.4 is 4.74 Å². The summed E-state index contributed by atoms with van der Waals surface area (Å²) < 4.78 is 6.26. The number of benzene rings is 3. The first kappa shape index (κ1) is 25.5. The van der Waals surface area contributed by atoms with Crippen molar-refractivity contribution in [1.29, 1.82) is 0 Å². The van der Waals surface area contributed by atoms with Crippen LogP contribution in [0.15, 0.2) is 72.8 Å². The van der Waals surface area contributed by atoms with Gasteiger partial charge in [0.15, 0.2) is 0 Å². The largest absolute Gasteiger partial charge is 0.489 e. The third-order valence-electron chi connectivity index (χ3n) is 6.84. The highest BCUT2D eigenvalue weighted by Gasteiger charge is 2.26. The minimum Gasteiger partial charge on any atom is -0.489 e. The molecule has 4 rings (SSSR count). The van der Waals surface area contributed by atoms with Crippen molar-refractivity contribution in [2.45, 2.75) is 57.7 Å². The molecule has 1 aliphatic carbocycles.